The van der Waals surface area contributed by atoms with E-state index in [9.17, 15) is 0 Å². The molecule has 1 aliphatic heterocycles. The second kappa shape index (κ2) is 7.75. The monoisotopic (exact) mass is 313 g/mol. The molecule has 0 aliphatic carbocycles. The molecule has 23 heavy (non-hydrogen) atoms. The second-order valence-electron chi connectivity index (χ2n) is 6.60. The van der Waals surface area contributed by atoms with Gasteiger partial charge in [-0.25, -0.2) is 4.98 Å². The molecule has 1 aromatic heterocycles. The van der Waals surface area contributed by atoms with E-state index in [1.807, 2.05) is 6.20 Å². The van der Waals surface area contributed by atoms with Crippen molar-refractivity contribution in [2.75, 3.05) is 19.7 Å². The van der Waals surface area contributed by atoms with E-state index in [-0.39, 0.29) is 0 Å². The third-order valence-electron chi connectivity index (χ3n) is 4.49. The quantitative estimate of drug-likeness (QED) is 0.820. The van der Waals surface area contributed by atoms with Crippen molar-refractivity contribution in [3.05, 3.63) is 54.1 Å². The highest BCUT2D eigenvalue weighted by molar-refractivity contribution is 5.14. The number of aryl methyl sites for hydroxylation is 1. The molecule has 1 aliphatic rings. The van der Waals surface area contributed by atoms with Crippen LogP contribution >= 0.6 is 0 Å². The van der Waals surface area contributed by atoms with E-state index in [1.54, 1.807) is 0 Å². The molecule has 1 aromatic carbocycles. The molecule has 0 bridgehead atoms. The highest BCUT2D eigenvalue weighted by Gasteiger charge is 2.21. The summed E-state index contributed by atoms with van der Waals surface area (Å²) in [5, 5.41) is 0. The third-order valence-corrected chi connectivity index (χ3v) is 4.49. The molecule has 2 heterocycles. The number of benzene rings is 1. The zero-order chi connectivity index (χ0) is 16.1. The first-order valence-corrected chi connectivity index (χ1v) is 8.62. The number of ether oxygens (including phenoxy) is 1. The number of imidazole rings is 1. The summed E-state index contributed by atoms with van der Waals surface area (Å²) in [6.07, 6.45) is 6.47. The molecular formula is C19H27N3O. The van der Waals surface area contributed by atoms with Gasteiger partial charge < -0.3 is 9.30 Å². The Bertz CT molecular complexity index is 594. The van der Waals surface area contributed by atoms with Gasteiger partial charge in [0.25, 0.3) is 0 Å². The van der Waals surface area contributed by atoms with Gasteiger partial charge in [0.2, 0.25) is 0 Å². The number of aromatic nitrogens is 2. The number of hydrogen-bond donors (Lipinski definition) is 0. The predicted octanol–water partition coefficient (Wildman–Crippen LogP) is 3.30. The van der Waals surface area contributed by atoms with Crippen LogP contribution < -0.4 is 0 Å². The van der Waals surface area contributed by atoms with E-state index < -0.39 is 0 Å². The van der Waals surface area contributed by atoms with Crippen molar-refractivity contribution >= 4 is 0 Å². The molecule has 2 aromatic rings. The van der Waals surface area contributed by atoms with Crippen LogP contribution in [0, 0.1) is 0 Å². The molecule has 0 amide bonds. The van der Waals surface area contributed by atoms with Crippen molar-refractivity contribution < 1.29 is 4.74 Å². The van der Waals surface area contributed by atoms with Gasteiger partial charge in [-0.2, -0.15) is 0 Å². The lowest BCUT2D eigenvalue weighted by Crippen LogP contribution is -2.42. The predicted molar refractivity (Wildman–Crippen MR) is 92.4 cm³/mol. The van der Waals surface area contributed by atoms with Crippen molar-refractivity contribution in [2.24, 2.45) is 0 Å². The fourth-order valence-electron chi connectivity index (χ4n) is 3.21. The molecule has 0 radical (unpaired) electrons. The molecule has 0 saturated carbocycles. The van der Waals surface area contributed by atoms with Crippen molar-refractivity contribution in [1.29, 1.82) is 0 Å². The van der Waals surface area contributed by atoms with Crippen LogP contribution in [-0.4, -0.2) is 40.3 Å². The summed E-state index contributed by atoms with van der Waals surface area (Å²) in [4.78, 5) is 7.00. The minimum absolute atomic E-state index is 0.325. The van der Waals surface area contributed by atoms with E-state index in [1.165, 1.54) is 5.56 Å². The average molecular weight is 313 g/mol. The Morgan fingerprint density at radius 1 is 1.26 bits per heavy atom. The molecule has 3 rings (SSSR count). The van der Waals surface area contributed by atoms with E-state index in [4.69, 9.17) is 4.74 Å². The highest BCUT2D eigenvalue weighted by Crippen LogP contribution is 2.16. The second-order valence-corrected chi connectivity index (χ2v) is 6.60. The zero-order valence-corrected chi connectivity index (χ0v) is 14.2. The lowest BCUT2D eigenvalue weighted by atomic mass is 10.1. The van der Waals surface area contributed by atoms with E-state index in [0.29, 0.717) is 12.1 Å². The Morgan fingerprint density at radius 2 is 2.09 bits per heavy atom. The Balaban J connectivity index is 1.53. The van der Waals surface area contributed by atoms with Gasteiger partial charge in [-0.1, -0.05) is 30.3 Å². The molecule has 4 heteroatoms. The van der Waals surface area contributed by atoms with Crippen LogP contribution in [-0.2, 0) is 17.7 Å². The van der Waals surface area contributed by atoms with Gasteiger partial charge >= 0.3 is 0 Å². The lowest BCUT2D eigenvalue weighted by Gasteiger charge is -2.33. The summed E-state index contributed by atoms with van der Waals surface area (Å²) in [5.74, 6) is 1.16. The Kier molecular flexibility index (Phi) is 5.47. The molecule has 0 spiro atoms. The maximum absolute atomic E-state index is 5.96. The number of rotatable bonds is 6. The standard InChI is InChI=1S/C19H27N3O/c1-16(2)22-11-10-20-19(22)15-21-12-13-23-18(14-21)9-8-17-6-4-3-5-7-17/h3-7,10-11,16,18H,8-9,12-15H2,1-2H3/t18-/m0/s1. The van der Waals surface area contributed by atoms with Crippen molar-refractivity contribution in [2.45, 2.75) is 45.4 Å². The summed E-state index contributed by atoms with van der Waals surface area (Å²) in [6, 6.07) is 11.1. The minimum Gasteiger partial charge on any atom is -0.376 e. The van der Waals surface area contributed by atoms with Crippen LogP contribution in [0.3, 0.4) is 0 Å². The van der Waals surface area contributed by atoms with E-state index in [2.05, 4.69) is 64.8 Å². The zero-order valence-electron chi connectivity index (χ0n) is 14.2. The molecular weight excluding hydrogens is 286 g/mol. The van der Waals surface area contributed by atoms with Crippen molar-refractivity contribution in [3.8, 4) is 0 Å². The fraction of sp³-hybridized carbons (Fsp3) is 0.526. The molecule has 124 valence electrons. The number of morpholine rings is 1. The molecule has 1 fully saturated rings. The van der Waals surface area contributed by atoms with Crippen LogP contribution in [0.1, 0.15) is 37.7 Å². The van der Waals surface area contributed by atoms with Gasteiger partial charge in [0.05, 0.1) is 19.3 Å². The Labute approximate surface area is 139 Å². The summed E-state index contributed by atoms with van der Waals surface area (Å²) >= 11 is 0. The number of nitrogens with zero attached hydrogens (tertiary/aromatic N) is 3. The van der Waals surface area contributed by atoms with E-state index in [0.717, 1.165) is 44.9 Å². The normalized spacial score (nSPS) is 19.3. The largest absolute Gasteiger partial charge is 0.376 e. The first-order valence-electron chi connectivity index (χ1n) is 8.62. The molecule has 1 saturated heterocycles. The third kappa shape index (κ3) is 4.43. The molecule has 4 nitrogen and oxygen atoms in total. The minimum atomic E-state index is 0.325. The first kappa shape index (κ1) is 16.2. The van der Waals surface area contributed by atoms with Crippen LogP contribution in [0.5, 0.6) is 0 Å². The fourth-order valence-corrected chi connectivity index (χ4v) is 3.21. The number of hydrogen-bond acceptors (Lipinski definition) is 3. The van der Waals surface area contributed by atoms with Gasteiger partial charge in [0.15, 0.2) is 0 Å². The summed E-state index contributed by atoms with van der Waals surface area (Å²) in [6.45, 7) is 8.13. The topological polar surface area (TPSA) is 30.3 Å². The first-order chi connectivity index (χ1) is 11.2. The SMILES string of the molecule is CC(C)n1ccnc1CN1CCO[C@@H](CCc2ccccc2)C1. The van der Waals surface area contributed by atoms with Crippen LogP contribution in [0.2, 0.25) is 0 Å². The van der Waals surface area contributed by atoms with Crippen LogP contribution in [0.4, 0.5) is 0 Å². The highest BCUT2D eigenvalue weighted by atomic mass is 16.5. The maximum Gasteiger partial charge on any atom is 0.123 e. The van der Waals surface area contributed by atoms with Gasteiger partial charge in [-0.05, 0) is 32.3 Å². The lowest BCUT2D eigenvalue weighted by molar-refractivity contribution is -0.0356. The van der Waals surface area contributed by atoms with Gasteiger partial charge in [-0.15, -0.1) is 0 Å². The van der Waals surface area contributed by atoms with Crippen molar-refractivity contribution in [3.63, 3.8) is 0 Å². The Hall–Kier alpha value is -1.65. The smallest absolute Gasteiger partial charge is 0.123 e. The average Bonchev–Trinajstić information content (AvgIpc) is 3.03. The summed E-state index contributed by atoms with van der Waals surface area (Å²) in [5.41, 5.74) is 1.39. The van der Waals surface area contributed by atoms with Crippen molar-refractivity contribution in [1.82, 2.24) is 14.5 Å². The summed E-state index contributed by atoms with van der Waals surface area (Å²) in [7, 11) is 0. The van der Waals surface area contributed by atoms with Gasteiger partial charge in [0.1, 0.15) is 5.82 Å². The Morgan fingerprint density at radius 3 is 2.87 bits per heavy atom. The molecule has 1 atom stereocenters. The van der Waals surface area contributed by atoms with Gasteiger partial charge in [-0.3, -0.25) is 4.90 Å². The molecule has 0 N–H and O–H groups in total. The maximum atomic E-state index is 5.96. The van der Waals surface area contributed by atoms with E-state index >= 15 is 0 Å². The van der Waals surface area contributed by atoms with Gasteiger partial charge in [0, 0.05) is 31.5 Å². The van der Waals surface area contributed by atoms with Crippen LogP contribution in [0.15, 0.2) is 42.7 Å². The van der Waals surface area contributed by atoms with Crippen LogP contribution in [0.25, 0.3) is 0 Å². The summed E-state index contributed by atoms with van der Waals surface area (Å²) < 4.78 is 8.22. The molecule has 0 unspecified atom stereocenters.